The molecule has 4 unspecified atom stereocenters. The normalized spacial score (nSPS) is 33.6. The van der Waals surface area contributed by atoms with E-state index in [0.29, 0.717) is 11.3 Å². The van der Waals surface area contributed by atoms with Gasteiger partial charge < -0.3 is 14.2 Å². The summed E-state index contributed by atoms with van der Waals surface area (Å²) in [7, 11) is 1.54. The van der Waals surface area contributed by atoms with E-state index in [1.54, 1.807) is 50.3 Å². The predicted octanol–water partition coefficient (Wildman–Crippen LogP) is 3.02. The number of nitrogens with one attached hydrogen (secondary N) is 1. The Kier molecular flexibility index (Phi) is 4.19. The van der Waals surface area contributed by atoms with Crippen molar-refractivity contribution >= 4 is 5.90 Å². The molecule has 4 atom stereocenters. The van der Waals surface area contributed by atoms with Crippen LogP contribution in [0.2, 0.25) is 0 Å². The molecule has 2 saturated heterocycles. The number of hydrogen-bond acceptors (Lipinski definition) is 7. The molecule has 3 rings (SSSR count). The molecule has 2 aliphatic rings. The number of nitriles is 3. The molecule has 0 saturated carbocycles. The predicted molar refractivity (Wildman–Crippen MR) is 94.3 cm³/mol. The Hall–Kier alpha value is -3.34. The lowest BCUT2D eigenvalue weighted by molar-refractivity contribution is -0.237. The highest BCUT2D eigenvalue weighted by atomic mass is 16.7. The third kappa shape index (κ3) is 2.11. The first-order valence-electron chi connectivity index (χ1n) is 8.35. The van der Waals surface area contributed by atoms with Gasteiger partial charge in [-0.1, -0.05) is 24.3 Å². The molecule has 0 aliphatic carbocycles. The fourth-order valence-corrected chi connectivity index (χ4v) is 4.17. The molecular formula is C20H18N4O3. The molecule has 7 heteroatoms. The fraction of sp³-hybridized carbons (Fsp3) is 0.400. The average Bonchev–Trinajstić information content (AvgIpc) is 2.86. The fourth-order valence-electron chi connectivity index (χ4n) is 4.17. The van der Waals surface area contributed by atoms with Crippen molar-refractivity contribution < 1.29 is 14.2 Å². The SMILES string of the molecule is CC=CC1OC2(C)OC(=N)C(C#N)(C2c2ccc(OC)cc2)C1(C#N)C#N. The van der Waals surface area contributed by atoms with E-state index < -0.39 is 34.5 Å². The summed E-state index contributed by atoms with van der Waals surface area (Å²) >= 11 is 0. The summed E-state index contributed by atoms with van der Waals surface area (Å²) in [6.07, 6.45) is 2.20. The third-order valence-electron chi connectivity index (χ3n) is 5.38. The highest BCUT2D eigenvalue weighted by molar-refractivity contribution is 5.90. The molecule has 27 heavy (non-hydrogen) atoms. The van der Waals surface area contributed by atoms with E-state index in [4.69, 9.17) is 19.6 Å². The largest absolute Gasteiger partial charge is 0.497 e. The maximum atomic E-state index is 10.2. The van der Waals surface area contributed by atoms with Gasteiger partial charge in [0.2, 0.25) is 17.1 Å². The van der Waals surface area contributed by atoms with Crippen LogP contribution in [0.5, 0.6) is 5.75 Å². The molecule has 1 aromatic rings. The van der Waals surface area contributed by atoms with E-state index >= 15 is 0 Å². The number of ether oxygens (including phenoxy) is 3. The van der Waals surface area contributed by atoms with Crippen molar-refractivity contribution in [3.8, 4) is 24.0 Å². The van der Waals surface area contributed by atoms with E-state index in [-0.39, 0.29) is 0 Å². The first kappa shape index (κ1) is 18.5. The van der Waals surface area contributed by atoms with Crippen molar-refractivity contribution in [1.82, 2.24) is 0 Å². The molecule has 0 spiro atoms. The Labute approximate surface area is 157 Å². The number of allylic oxidation sites excluding steroid dienone is 1. The number of benzene rings is 1. The number of fused-ring (bicyclic) bond motifs is 2. The van der Waals surface area contributed by atoms with Gasteiger partial charge in [-0.3, -0.25) is 5.41 Å². The quantitative estimate of drug-likeness (QED) is 0.824. The zero-order chi connectivity index (χ0) is 19.9. The van der Waals surface area contributed by atoms with Crippen LogP contribution < -0.4 is 4.74 Å². The minimum absolute atomic E-state index is 0.427. The van der Waals surface area contributed by atoms with Crippen molar-refractivity contribution in [2.75, 3.05) is 7.11 Å². The Morgan fingerprint density at radius 3 is 2.26 bits per heavy atom. The summed E-state index contributed by atoms with van der Waals surface area (Å²) in [5.74, 6) is -2.02. The molecule has 2 aliphatic heterocycles. The average molecular weight is 362 g/mol. The molecular weight excluding hydrogens is 344 g/mol. The summed E-state index contributed by atoms with van der Waals surface area (Å²) in [6.45, 7) is 3.36. The summed E-state index contributed by atoms with van der Waals surface area (Å²) in [5, 5.41) is 38.6. The first-order valence-corrected chi connectivity index (χ1v) is 8.35. The van der Waals surface area contributed by atoms with Crippen LogP contribution in [0.25, 0.3) is 0 Å². The zero-order valence-corrected chi connectivity index (χ0v) is 15.2. The van der Waals surface area contributed by atoms with Crippen molar-refractivity contribution in [2.24, 2.45) is 10.8 Å². The van der Waals surface area contributed by atoms with Gasteiger partial charge in [-0.15, -0.1) is 0 Å². The number of nitrogens with zero attached hydrogens (tertiary/aromatic N) is 3. The molecule has 2 fully saturated rings. The first-order chi connectivity index (χ1) is 12.9. The van der Waals surface area contributed by atoms with Gasteiger partial charge in [0.15, 0.2) is 5.41 Å². The molecule has 1 aromatic carbocycles. The number of methoxy groups -OCH3 is 1. The number of rotatable bonds is 3. The van der Waals surface area contributed by atoms with Gasteiger partial charge in [0.1, 0.15) is 11.9 Å². The van der Waals surface area contributed by atoms with Crippen molar-refractivity contribution in [3.05, 3.63) is 42.0 Å². The smallest absolute Gasteiger partial charge is 0.218 e. The van der Waals surface area contributed by atoms with Gasteiger partial charge in [0, 0.05) is 6.92 Å². The van der Waals surface area contributed by atoms with E-state index in [1.807, 2.05) is 12.1 Å². The van der Waals surface area contributed by atoms with E-state index in [2.05, 4.69) is 6.07 Å². The lowest BCUT2D eigenvalue weighted by atomic mass is 9.53. The molecule has 0 aromatic heterocycles. The van der Waals surface area contributed by atoms with Gasteiger partial charge in [0.05, 0.1) is 31.2 Å². The van der Waals surface area contributed by atoms with Crippen LogP contribution in [0.3, 0.4) is 0 Å². The summed E-state index contributed by atoms with van der Waals surface area (Å²) in [5.41, 5.74) is -3.13. The van der Waals surface area contributed by atoms with Gasteiger partial charge in [-0.25, -0.2) is 0 Å². The Balaban J connectivity index is 2.32. The molecule has 7 nitrogen and oxygen atoms in total. The lowest BCUT2D eigenvalue weighted by Crippen LogP contribution is -2.60. The topological polar surface area (TPSA) is 123 Å². The van der Waals surface area contributed by atoms with Crippen LogP contribution in [0.15, 0.2) is 36.4 Å². The summed E-state index contributed by atoms with van der Waals surface area (Å²) in [6, 6.07) is 13.0. The molecule has 2 bridgehead atoms. The Bertz CT molecular complexity index is 920. The maximum Gasteiger partial charge on any atom is 0.218 e. The molecule has 2 heterocycles. The third-order valence-corrected chi connectivity index (χ3v) is 5.38. The monoisotopic (exact) mass is 362 g/mol. The minimum Gasteiger partial charge on any atom is -0.497 e. The van der Waals surface area contributed by atoms with Gasteiger partial charge >= 0.3 is 0 Å². The minimum atomic E-state index is -1.94. The maximum absolute atomic E-state index is 10.2. The number of hydrogen-bond donors (Lipinski definition) is 1. The van der Waals surface area contributed by atoms with Gasteiger partial charge in [-0.2, -0.15) is 15.8 Å². The second kappa shape index (κ2) is 6.13. The summed E-state index contributed by atoms with van der Waals surface area (Å²) in [4.78, 5) is 0. The second-order valence-corrected chi connectivity index (χ2v) is 6.67. The van der Waals surface area contributed by atoms with Crippen LogP contribution >= 0.6 is 0 Å². The summed E-state index contributed by atoms with van der Waals surface area (Å²) < 4.78 is 16.9. The van der Waals surface area contributed by atoms with E-state index in [1.165, 1.54) is 7.11 Å². The van der Waals surface area contributed by atoms with Crippen LogP contribution in [0, 0.1) is 50.2 Å². The molecule has 136 valence electrons. The van der Waals surface area contributed by atoms with E-state index in [9.17, 15) is 15.8 Å². The second-order valence-electron chi connectivity index (χ2n) is 6.67. The standard InChI is InChI=1S/C20H18N4O3/c1-4-5-15-19(10-21,11-22)20(12-23)16(18(2,26-15)27-17(20)24)13-6-8-14(25-3)9-7-13/h4-9,15-16,24H,1-3H3. The van der Waals surface area contributed by atoms with Crippen LogP contribution in [-0.2, 0) is 9.47 Å². The van der Waals surface area contributed by atoms with Gasteiger partial charge in [-0.05, 0) is 24.6 Å². The molecule has 1 N–H and O–H groups in total. The van der Waals surface area contributed by atoms with E-state index in [0.717, 1.165) is 0 Å². The van der Waals surface area contributed by atoms with Crippen LogP contribution in [-0.4, -0.2) is 24.9 Å². The zero-order valence-electron chi connectivity index (χ0n) is 15.2. The van der Waals surface area contributed by atoms with Crippen molar-refractivity contribution in [3.63, 3.8) is 0 Å². The molecule has 0 amide bonds. The highest BCUT2D eigenvalue weighted by Gasteiger charge is 2.79. The van der Waals surface area contributed by atoms with Gasteiger partial charge in [0.25, 0.3) is 0 Å². The Morgan fingerprint density at radius 2 is 1.78 bits per heavy atom. The lowest BCUT2D eigenvalue weighted by Gasteiger charge is -2.48. The Morgan fingerprint density at radius 1 is 1.15 bits per heavy atom. The molecule has 0 radical (unpaired) electrons. The van der Waals surface area contributed by atoms with Crippen LogP contribution in [0.1, 0.15) is 25.3 Å². The van der Waals surface area contributed by atoms with Crippen molar-refractivity contribution in [2.45, 2.75) is 31.7 Å². The highest BCUT2D eigenvalue weighted by Crippen LogP contribution is 2.66. The van der Waals surface area contributed by atoms with Crippen LogP contribution in [0.4, 0.5) is 0 Å². The van der Waals surface area contributed by atoms with Crippen molar-refractivity contribution in [1.29, 1.82) is 21.2 Å².